The van der Waals surface area contributed by atoms with Crippen molar-refractivity contribution in [1.82, 2.24) is 0 Å². The van der Waals surface area contributed by atoms with Crippen molar-refractivity contribution >= 4 is 28.7 Å². The number of hydrogen-bond donors (Lipinski definition) is 2. The molecule has 1 unspecified atom stereocenters. The molecule has 1 saturated heterocycles. The molecule has 1 aliphatic heterocycles. The molecule has 1 aliphatic rings. The summed E-state index contributed by atoms with van der Waals surface area (Å²) in [5.41, 5.74) is 12.2. The fourth-order valence-corrected chi connectivity index (χ4v) is 2.62. The fraction of sp³-hybridized carbons (Fsp3) is 0.538. The molecule has 1 heterocycles. The molecule has 2 rings (SSSR count). The average molecular weight is 288 g/mol. The molecule has 0 aliphatic carbocycles. The first-order valence-electron chi connectivity index (χ1n) is 6.32. The monoisotopic (exact) mass is 287 g/mol. The Morgan fingerprint density at radius 3 is 2.84 bits per heavy atom. The van der Waals surface area contributed by atoms with Gasteiger partial charge in [-0.2, -0.15) is 0 Å². The number of halogens is 2. The van der Waals surface area contributed by atoms with Gasteiger partial charge in [0.05, 0.1) is 23.7 Å². The van der Waals surface area contributed by atoms with E-state index in [1.165, 1.54) is 6.07 Å². The van der Waals surface area contributed by atoms with Crippen LogP contribution in [0, 0.1) is 11.7 Å². The molecule has 6 heteroatoms. The Balaban J connectivity index is 2.18. The molecule has 0 bridgehead atoms. The summed E-state index contributed by atoms with van der Waals surface area (Å²) >= 11 is 5.83. The predicted octanol–water partition coefficient (Wildman–Crippen LogP) is 2.51. The van der Waals surface area contributed by atoms with Gasteiger partial charge in [0.25, 0.3) is 0 Å². The lowest BCUT2D eigenvalue weighted by Gasteiger charge is -2.29. The van der Waals surface area contributed by atoms with Crippen molar-refractivity contribution in [2.45, 2.75) is 12.8 Å². The normalized spacial score (nSPS) is 19.4. The molecule has 0 radical (unpaired) electrons. The van der Waals surface area contributed by atoms with Gasteiger partial charge in [-0.1, -0.05) is 11.6 Å². The summed E-state index contributed by atoms with van der Waals surface area (Å²) < 4.78 is 19.6. The Kier molecular flexibility index (Phi) is 4.37. The fourth-order valence-electron chi connectivity index (χ4n) is 2.47. The molecule has 1 atom stereocenters. The molecule has 0 saturated carbocycles. The molecular formula is C13H19ClFN3O. The number of anilines is 3. The molecule has 0 aromatic heterocycles. The van der Waals surface area contributed by atoms with Crippen molar-refractivity contribution in [3.63, 3.8) is 0 Å². The standard InChI is InChI=1S/C13H19ClFN3O/c1-18(6-8-3-2-4-19-7-8)13-10(17)5-9(16)11(14)12(13)15/h5,8H,2-4,6-7,16-17H2,1H3. The second-order valence-electron chi connectivity index (χ2n) is 5.00. The molecule has 0 spiro atoms. The minimum Gasteiger partial charge on any atom is -0.397 e. The molecule has 0 amide bonds. The smallest absolute Gasteiger partial charge is 0.169 e. The van der Waals surface area contributed by atoms with Crippen LogP contribution in [0.2, 0.25) is 5.02 Å². The number of nitrogen functional groups attached to an aromatic ring is 2. The zero-order valence-electron chi connectivity index (χ0n) is 11.0. The van der Waals surface area contributed by atoms with Crippen molar-refractivity contribution < 1.29 is 9.13 Å². The highest BCUT2D eigenvalue weighted by Gasteiger charge is 2.21. The lowest BCUT2D eigenvalue weighted by molar-refractivity contribution is 0.0576. The molecule has 1 aromatic rings. The van der Waals surface area contributed by atoms with E-state index in [1.54, 1.807) is 11.9 Å². The second-order valence-corrected chi connectivity index (χ2v) is 5.37. The molecule has 4 nitrogen and oxygen atoms in total. The Morgan fingerprint density at radius 1 is 1.47 bits per heavy atom. The van der Waals surface area contributed by atoms with E-state index in [2.05, 4.69) is 0 Å². The van der Waals surface area contributed by atoms with Crippen LogP contribution in [0.15, 0.2) is 6.07 Å². The molecule has 1 aromatic carbocycles. The van der Waals surface area contributed by atoms with Crippen LogP contribution in [-0.2, 0) is 4.74 Å². The average Bonchev–Trinajstić information content (AvgIpc) is 2.37. The van der Waals surface area contributed by atoms with Gasteiger partial charge in [-0.05, 0) is 24.8 Å². The first-order chi connectivity index (χ1) is 9.00. The van der Waals surface area contributed by atoms with Crippen molar-refractivity contribution in [3.05, 3.63) is 16.9 Å². The van der Waals surface area contributed by atoms with Crippen LogP contribution in [-0.4, -0.2) is 26.8 Å². The number of nitrogens with two attached hydrogens (primary N) is 2. The minimum absolute atomic E-state index is 0.0732. The van der Waals surface area contributed by atoms with E-state index in [0.717, 1.165) is 19.4 Å². The van der Waals surface area contributed by atoms with Crippen LogP contribution in [0.3, 0.4) is 0 Å². The van der Waals surface area contributed by atoms with E-state index in [0.29, 0.717) is 30.4 Å². The highest BCUT2D eigenvalue weighted by atomic mass is 35.5. The number of hydrogen-bond acceptors (Lipinski definition) is 4. The maximum Gasteiger partial charge on any atom is 0.169 e. The number of nitrogens with zero attached hydrogens (tertiary/aromatic N) is 1. The van der Waals surface area contributed by atoms with Crippen LogP contribution in [0.1, 0.15) is 12.8 Å². The summed E-state index contributed by atoms with van der Waals surface area (Å²) in [6.45, 7) is 2.19. The minimum atomic E-state index is -0.557. The molecular weight excluding hydrogens is 269 g/mol. The summed E-state index contributed by atoms with van der Waals surface area (Å²) in [7, 11) is 1.80. The third-order valence-electron chi connectivity index (χ3n) is 3.41. The van der Waals surface area contributed by atoms with Crippen LogP contribution < -0.4 is 16.4 Å². The topological polar surface area (TPSA) is 64.5 Å². The lowest BCUT2D eigenvalue weighted by Crippen LogP contribution is -2.31. The van der Waals surface area contributed by atoms with Gasteiger partial charge in [0, 0.05) is 20.2 Å². The van der Waals surface area contributed by atoms with Gasteiger partial charge in [0.15, 0.2) is 5.82 Å². The third kappa shape index (κ3) is 3.04. The summed E-state index contributed by atoms with van der Waals surface area (Å²) in [5.74, 6) is -0.174. The highest BCUT2D eigenvalue weighted by molar-refractivity contribution is 6.33. The van der Waals surface area contributed by atoms with Gasteiger partial charge in [-0.15, -0.1) is 0 Å². The van der Waals surface area contributed by atoms with Gasteiger partial charge < -0.3 is 21.1 Å². The molecule has 1 fully saturated rings. The van der Waals surface area contributed by atoms with Crippen molar-refractivity contribution in [2.75, 3.05) is 43.2 Å². The number of benzene rings is 1. The van der Waals surface area contributed by atoms with E-state index in [9.17, 15) is 4.39 Å². The maximum atomic E-state index is 14.2. The summed E-state index contributed by atoms with van der Waals surface area (Å²) in [6, 6.07) is 1.49. The van der Waals surface area contributed by atoms with Gasteiger partial charge in [-0.25, -0.2) is 4.39 Å². The molecule has 19 heavy (non-hydrogen) atoms. The first kappa shape index (κ1) is 14.2. The zero-order chi connectivity index (χ0) is 14.0. The van der Waals surface area contributed by atoms with Crippen molar-refractivity contribution in [3.8, 4) is 0 Å². The van der Waals surface area contributed by atoms with Gasteiger partial charge in [0.2, 0.25) is 0 Å². The summed E-state index contributed by atoms with van der Waals surface area (Å²) in [5, 5.41) is -0.0732. The highest BCUT2D eigenvalue weighted by Crippen LogP contribution is 2.36. The van der Waals surface area contributed by atoms with Crippen molar-refractivity contribution in [2.24, 2.45) is 5.92 Å². The van der Waals surface area contributed by atoms with E-state index in [1.807, 2.05) is 0 Å². The van der Waals surface area contributed by atoms with E-state index in [-0.39, 0.29) is 10.7 Å². The first-order valence-corrected chi connectivity index (χ1v) is 6.70. The Morgan fingerprint density at radius 2 is 2.21 bits per heavy atom. The quantitative estimate of drug-likeness (QED) is 0.839. The lowest BCUT2D eigenvalue weighted by atomic mass is 10.0. The van der Waals surface area contributed by atoms with Crippen LogP contribution in [0.25, 0.3) is 0 Å². The maximum absolute atomic E-state index is 14.2. The Labute approximate surface area is 117 Å². The Hall–Kier alpha value is -1.20. The van der Waals surface area contributed by atoms with Gasteiger partial charge in [0.1, 0.15) is 5.02 Å². The van der Waals surface area contributed by atoms with Crippen LogP contribution in [0.5, 0.6) is 0 Å². The zero-order valence-corrected chi connectivity index (χ0v) is 11.7. The largest absolute Gasteiger partial charge is 0.397 e. The second kappa shape index (κ2) is 5.84. The number of ether oxygens (including phenoxy) is 1. The Bertz CT molecular complexity index is 464. The predicted molar refractivity (Wildman–Crippen MR) is 77.0 cm³/mol. The van der Waals surface area contributed by atoms with Crippen molar-refractivity contribution in [1.29, 1.82) is 0 Å². The van der Waals surface area contributed by atoms with E-state index < -0.39 is 5.82 Å². The molecule has 4 N–H and O–H groups in total. The summed E-state index contributed by atoms with van der Waals surface area (Å²) in [6.07, 6.45) is 2.12. The van der Waals surface area contributed by atoms with Crippen LogP contribution in [0.4, 0.5) is 21.5 Å². The van der Waals surface area contributed by atoms with E-state index in [4.69, 9.17) is 27.8 Å². The van der Waals surface area contributed by atoms with Gasteiger partial charge in [-0.3, -0.25) is 0 Å². The summed E-state index contributed by atoms with van der Waals surface area (Å²) in [4.78, 5) is 1.79. The van der Waals surface area contributed by atoms with Gasteiger partial charge >= 0.3 is 0 Å². The van der Waals surface area contributed by atoms with Crippen LogP contribution >= 0.6 is 11.6 Å². The molecule has 106 valence electrons. The van der Waals surface area contributed by atoms with E-state index >= 15 is 0 Å². The third-order valence-corrected chi connectivity index (χ3v) is 3.79. The number of rotatable bonds is 3. The SMILES string of the molecule is CN(CC1CCCOC1)c1c(N)cc(N)c(Cl)c1F.